The smallest absolute Gasteiger partial charge is 0.333 e. The molecule has 1 unspecified atom stereocenters. The highest BCUT2D eigenvalue weighted by atomic mass is 16.6. The van der Waals surface area contributed by atoms with Crippen LogP contribution in [0, 0.1) is 0 Å². The summed E-state index contributed by atoms with van der Waals surface area (Å²) in [4.78, 5) is 11.3. The summed E-state index contributed by atoms with van der Waals surface area (Å²) in [6.07, 6.45) is 0.291. The normalized spacial score (nSPS) is 17.0. The summed E-state index contributed by atoms with van der Waals surface area (Å²) in [5.74, 6) is 1.26. The van der Waals surface area contributed by atoms with Crippen molar-refractivity contribution in [1.29, 1.82) is 0 Å². The first-order valence-electron chi connectivity index (χ1n) is 7.42. The number of carbonyl (C=O) groups is 1. The molecule has 2 aromatic rings. The van der Waals surface area contributed by atoms with Crippen molar-refractivity contribution in [1.82, 2.24) is 0 Å². The topological polar surface area (TPSA) is 44.8 Å². The van der Waals surface area contributed by atoms with Gasteiger partial charge in [0.25, 0.3) is 0 Å². The molecule has 0 saturated carbocycles. The zero-order chi connectivity index (χ0) is 16.2. The quantitative estimate of drug-likeness (QED) is 0.625. The van der Waals surface area contributed by atoms with Gasteiger partial charge in [0.15, 0.2) is 0 Å². The van der Waals surface area contributed by atoms with Crippen LogP contribution >= 0.6 is 0 Å². The van der Waals surface area contributed by atoms with Crippen LogP contribution in [0.4, 0.5) is 0 Å². The van der Waals surface area contributed by atoms with Gasteiger partial charge in [0, 0.05) is 12.0 Å². The van der Waals surface area contributed by atoms with E-state index >= 15 is 0 Å². The highest BCUT2D eigenvalue weighted by Gasteiger charge is 2.27. The largest absolute Gasteiger partial charge is 0.497 e. The molecule has 1 heterocycles. The van der Waals surface area contributed by atoms with Crippen LogP contribution in [0.3, 0.4) is 0 Å². The fourth-order valence-corrected chi connectivity index (χ4v) is 2.44. The summed E-state index contributed by atoms with van der Waals surface area (Å²) >= 11 is 0. The molecule has 0 amide bonds. The lowest BCUT2D eigenvalue weighted by Crippen LogP contribution is -2.17. The van der Waals surface area contributed by atoms with E-state index in [1.54, 1.807) is 7.11 Å². The molecule has 1 saturated heterocycles. The van der Waals surface area contributed by atoms with Gasteiger partial charge in [-0.1, -0.05) is 30.8 Å². The maximum absolute atomic E-state index is 11.3. The third-order valence-corrected chi connectivity index (χ3v) is 3.75. The number of hydrogen-bond donors (Lipinski definition) is 0. The summed E-state index contributed by atoms with van der Waals surface area (Å²) in [5.41, 5.74) is 2.72. The highest BCUT2D eigenvalue weighted by Crippen LogP contribution is 2.25. The summed E-state index contributed by atoms with van der Waals surface area (Å²) in [6, 6.07) is 15.7. The van der Waals surface area contributed by atoms with Crippen LogP contribution in [-0.4, -0.2) is 25.8 Å². The zero-order valence-electron chi connectivity index (χ0n) is 13.0. The van der Waals surface area contributed by atoms with Gasteiger partial charge in [-0.3, -0.25) is 0 Å². The fraction of sp³-hybridized carbons (Fsp3) is 0.211. The lowest BCUT2D eigenvalue weighted by molar-refractivity contribution is -0.139. The number of cyclic esters (lactones) is 1. The van der Waals surface area contributed by atoms with Gasteiger partial charge in [-0.2, -0.15) is 0 Å². The van der Waals surface area contributed by atoms with Crippen molar-refractivity contribution in [2.45, 2.75) is 12.5 Å². The van der Waals surface area contributed by atoms with E-state index in [2.05, 4.69) is 6.58 Å². The number of ether oxygens (including phenoxy) is 3. The van der Waals surface area contributed by atoms with E-state index < -0.39 is 0 Å². The van der Waals surface area contributed by atoms with Gasteiger partial charge in [-0.25, -0.2) is 4.79 Å². The van der Waals surface area contributed by atoms with Crippen molar-refractivity contribution in [3.8, 4) is 22.6 Å². The molecule has 0 aromatic heterocycles. The SMILES string of the molecule is C=C1CC(COc2ccc(-c3ccc(OC)cc3)cc2)OC1=O. The molecule has 1 fully saturated rings. The number of benzene rings is 2. The van der Waals surface area contributed by atoms with Gasteiger partial charge in [-0.15, -0.1) is 0 Å². The molecular weight excluding hydrogens is 292 g/mol. The Morgan fingerprint density at radius 2 is 1.61 bits per heavy atom. The van der Waals surface area contributed by atoms with E-state index in [0.717, 1.165) is 22.6 Å². The molecule has 118 valence electrons. The maximum Gasteiger partial charge on any atom is 0.333 e. The monoisotopic (exact) mass is 310 g/mol. The molecular formula is C19H18O4. The second-order valence-electron chi connectivity index (χ2n) is 5.40. The first-order valence-corrected chi connectivity index (χ1v) is 7.42. The minimum Gasteiger partial charge on any atom is -0.497 e. The Labute approximate surface area is 135 Å². The molecule has 3 rings (SSSR count). The number of carbonyl (C=O) groups excluding carboxylic acids is 1. The molecule has 0 spiro atoms. The molecule has 4 nitrogen and oxygen atoms in total. The predicted molar refractivity (Wildman–Crippen MR) is 87.6 cm³/mol. The number of hydrogen-bond acceptors (Lipinski definition) is 4. The number of methoxy groups -OCH3 is 1. The Morgan fingerprint density at radius 3 is 2.09 bits per heavy atom. The molecule has 0 bridgehead atoms. The lowest BCUT2D eigenvalue weighted by Gasteiger charge is -2.11. The summed E-state index contributed by atoms with van der Waals surface area (Å²) in [5, 5.41) is 0. The first-order chi connectivity index (χ1) is 11.2. The molecule has 0 N–H and O–H groups in total. The standard InChI is InChI=1S/C19H18O4/c1-13-11-18(23-19(13)20)12-22-17-9-5-15(6-10-17)14-3-7-16(21-2)8-4-14/h3-10,18H,1,11-12H2,2H3. The Hall–Kier alpha value is -2.75. The Kier molecular flexibility index (Phi) is 4.33. The van der Waals surface area contributed by atoms with Gasteiger partial charge in [0.1, 0.15) is 24.2 Å². The minimum absolute atomic E-state index is 0.240. The fourth-order valence-electron chi connectivity index (χ4n) is 2.44. The lowest BCUT2D eigenvalue weighted by atomic mass is 10.1. The van der Waals surface area contributed by atoms with Crippen LogP contribution in [0.5, 0.6) is 11.5 Å². The van der Waals surface area contributed by atoms with Crippen molar-refractivity contribution in [2.24, 2.45) is 0 Å². The third kappa shape index (κ3) is 3.54. The predicted octanol–water partition coefficient (Wildman–Crippen LogP) is 3.61. The zero-order valence-corrected chi connectivity index (χ0v) is 13.0. The van der Waals surface area contributed by atoms with Crippen LogP contribution in [-0.2, 0) is 9.53 Å². The van der Waals surface area contributed by atoms with Crippen LogP contribution in [0.1, 0.15) is 6.42 Å². The van der Waals surface area contributed by atoms with E-state index in [9.17, 15) is 4.79 Å². The summed E-state index contributed by atoms with van der Waals surface area (Å²) < 4.78 is 16.0. The van der Waals surface area contributed by atoms with E-state index in [1.165, 1.54) is 0 Å². The average Bonchev–Trinajstić information content (AvgIpc) is 2.92. The molecule has 0 radical (unpaired) electrons. The maximum atomic E-state index is 11.3. The van der Waals surface area contributed by atoms with Gasteiger partial charge in [0.05, 0.1) is 7.11 Å². The molecule has 1 aliphatic heterocycles. The molecule has 0 aliphatic carbocycles. The molecule has 4 heteroatoms. The van der Waals surface area contributed by atoms with Crippen LogP contribution in [0.2, 0.25) is 0 Å². The van der Waals surface area contributed by atoms with Gasteiger partial charge in [-0.05, 0) is 35.4 Å². The van der Waals surface area contributed by atoms with Crippen molar-refractivity contribution in [3.63, 3.8) is 0 Å². The Balaban J connectivity index is 1.60. The van der Waals surface area contributed by atoms with Crippen molar-refractivity contribution in [3.05, 3.63) is 60.7 Å². The molecule has 2 aromatic carbocycles. The van der Waals surface area contributed by atoms with E-state index in [0.29, 0.717) is 18.6 Å². The van der Waals surface area contributed by atoms with Gasteiger partial charge < -0.3 is 14.2 Å². The van der Waals surface area contributed by atoms with Crippen molar-refractivity contribution >= 4 is 5.97 Å². The van der Waals surface area contributed by atoms with Gasteiger partial charge >= 0.3 is 5.97 Å². The molecule has 1 aliphatic rings. The molecule has 1 atom stereocenters. The van der Waals surface area contributed by atoms with E-state index in [4.69, 9.17) is 14.2 Å². The summed E-state index contributed by atoms with van der Waals surface area (Å²) in [6.45, 7) is 4.00. The minimum atomic E-state index is -0.326. The second kappa shape index (κ2) is 6.57. The summed E-state index contributed by atoms with van der Waals surface area (Å²) in [7, 11) is 1.65. The first kappa shape index (κ1) is 15.2. The molecule has 23 heavy (non-hydrogen) atoms. The highest BCUT2D eigenvalue weighted by molar-refractivity contribution is 5.89. The van der Waals surface area contributed by atoms with Crippen LogP contribution in [0.25, 0.3) is 11.1 Å². The Morgan fingerprint density at radius 1 is 1.04 bits per heavy atom. The van der Waals surface area contributed by atoms with Crippen molar-refractivity contribution < 1.29 is 19.0 Å². The van der Waals surface area contributed by atoms with Crippen LogP contribution in [0.15, 0.2) is 60.7 Å². The second-order valence-corrected chi connectivity index (χ2v) is 5.40. The van der Waals surface area contributed by atoms with Crippen molar-refractivity contribution in [2.75, 3.05) is 13.7 Å². The van der Waals surface area contributed by atoms with E-state index in [-0.39, 0.29) is 12.1 Å². The van der Waals surface area contributed by atoms with E-state index in [1.807, 2.05) is 48.5 Å². The Bertz CT molecular complexity index is 685. The number of esters is 1. The average molecular weight is 310 g/mol. The number of rotatable bonds is 5. The van der Waals surface area contributed by atoms with Gasteiger partial charge in [0.2, 0.25) is 0 Å². The van der Waals surface area contributed by atoms with Crippen LogP contribution < -0.4 is 9.47 Å². The third-order valence-electron chi connectivity index (χ3n) is 3.75.